The molecule has 0 spiro atoms. The van der Waals surface area contributed by atoms with Crippen molar-refractivity contribution in [2.24, 2.45) is 0 Å². The van der Waals surface area contributed by atoms with Gasteiger partial charge in [0, 0.05) is 5.56 Å². The Morgan fingerprint density at radius 1 is 1.10 bits per heavy atom. The molecule has 1 rings (SSSR count). The van der Waals surface area contributed by atoms with Crippen molar-refractivity contribution in [3.8, 4) is 0 Å². The fraction of sp³-hybridized carbons (Fsp3) is 0.143. The molecule has 1 nitrogen and oxygen atoms in total. The summed E-state index contributed by atoms with van der Waals surface area (Å²) in [5.41, 5.74) is 0.676. The summed E-state index contributed by atoms with van der Waals surface area (Å²) in [5, 5.41) is 11.1. The topological polar surface area (TPSA) is 19.9 Å². The highest BCUT2D eigenvalue weighted by Gasteiger charge is 2.22. The molecule has 1 aromatic carbocycles. The molecule has 0 aliphatic carbocycles. The van der Waals surface area contributed by atoms with E-state index >= 15 is 0 Å². The zero-order chi connectivity index (χ0) is 7.61. The Balaban J connectivity index is 2.97. The average Bonchev–Trinajstić information content (AvgIpc) is 1.88. The van der Waals surface area contributed by atoms with E-state index in [1.165, 1.54) is 0 Å². The summed E-state index contributed by atoms with van der Waals surface area (Å²) in [6.07, 6.45) is 0. The van der Waals surface area contributed by atoms with Crippen LogP contribution in [-0.2, 0) is 8.53 Å². The van der Waals surface area contributed by atoms with E-state index in [-0.39, 0.29) is 0 Å². The molecule has 0 fully saturated rings. The molecular weight excluding hydrogens is 260 g/mol. The third kappa shape index (κ3) is 2.08. The maximum Gasteiger partial charge on any atom is 0.237 e. The average molecular weight is 265 g/mol. The molecule has 0 unspecified atom stereocenters. The SMILES string of the molecule is [O]C(Br)(Br)c1ccccc1. The first-order chi connectivity index (χ1) is 4.61. The predicted molar refractivity (Wildman–Crippen MR) is 46.7 cm³/mol. The third-order valence-corrected chi connectivity index (χ3v) is 2.03. The third-order valence-electron chi connectivity index (χ3n) is 1.11. The van der Waals surface area contributed by atoms with Crippen LogP contribution in [0, 0.1) is 0 Å². The Morgan fingerprint density at radius 3 is 1.90 bits per heavy atom. The number of halogens is 2. The summed E-state index contributed by atoms with van der Waals surface area (Å²) >= 11 is 5.90. The molecule has 3 heteroatoms. The molecule has 1 aromatic rings. The lowest BCUT2D eigenvalue weighted by Gasteiger charge is -2.08. The van der Waals surface area contributed by atoms with Gasteiger partial charge >= 0.3 is 0 Å². The summed E-state index contributed by atoms with van der Waals surface area (Å²) in [4.78, 5) is 0. The van der Waals surface area contributed by atoms with Crippen molar-refractivity contribution in [1.82, 2.24) is 0 Å². The second-order valence-corrected chi connectivity index (χ2v) is 5.18. The smallest absolute Gasteiger partial charge is 0.199 e. The molecular formula is C7H5Br2O. The van der Waals surface area contributed by atoms with E-state index in [0.717, 1.165) is 0 Å². The van der Waals surface area contributed by atoms with Crippen LogP contribution in [-0.4, -0.2) is 0 Å². The Kier molecular flexibility index (Phi) is 2.50. The molecule has 0 bridgehead atoms. The van der Waals surface area contributed by atoms with Crippen molar-refractivity contribution in [3.63, 3.8) is 0 Å². The minimum atomic E-state index is -1.33. The number of hydrogen-bond acceptors (Lipinski definition) is 0. The van der Waals surface area contributed by atoms with Gasteiger partial charge in [-0.05, 0) is 31.9 Å². The van der Waals surface area contributed by atoms with E-state index in [1.54, 1.807) is 12.1 Å². The molecule has 0 aliphatic rings. The van der Waals surface area contributed by atoms with Crippen molar-refractivity contribution < 1.29 is 5.11 Å². The minimum Gasteiger partial charge on any atom is -0.199 e. The molecule has 0 amide bonds. The standard InChI is InChI=1S/C7H5Br2O/c8-7(9,10)6-4-2-1-3-5-6/h1-5H. The van der Waals surface area contributed by atoms with E-state index in [0.29, 0.717) is 5.56 Å². The van der Waals surface area contributed by atoms with Crippen molar-refractivity contribution in [2.75, 3.05) is 0 Å². The van der Waals surface area contributed by atoms with E-state index in [4.69, 9.17) is 0 Å². The number of rotatable bonds is 1. The molecule has 0 aromatic heterocycles. The first-order valence-corrected chi connectivity index (χ1v) is 4.33. The molecule has 0 saturated carbocycles. The second-order valence-electron chi connectivity index (χ2n) is 1.88. The molecule has 10 heavy (non-hydrogen) atoms. The Bertz CT molecular complexity index is 203. The van der Waals surface area contributed by atoms with E-state index in [9.17, 15) is 5.11 Å². The maximum atomic E-state index is 11.1. The minimum absolute atomic E-state index is 0.676. The molecule has 53 valence electrons. The zero-order valence-electron chi connectivity index (χ0n) is 5.05. The first kappa shape index (κ1) is 8.24. The fourth-order valence-corrected chi connectivity index (χ4v) is 1.16. The highest BCUT2D eigenvalue weighted by atomic mass is 79.9. The van der Waals surface area contributed by atoms with Gasteiger partial charge in [0.2, 0.25) is 3.42 Å². The van der Waals surface area contributed by atoms with E-state index in [1.807, 2.05) is 18.2 Å². The van der Waals surface area contributed by atoms with Gasteiger partial charge in [0.25, 0.3) is 0 Å². The van der Waals surface area contributed by atoms with Gasteiger partial charge in [-0.3, -0.25) is 0 Å². The van der Waals surface area contributed by atoms with E-state index < -0.39 is 3.42 Å². The van der Waals surface area contributed by atoms with Gasteiger partial charge in [-0.25, -0.2) is 0 Å². The van der Waals surface area contributed by atoms with E-state index in [2.05, 4.69) is 31.9 Å². The number of alkyl halides is 2. The highest BCUT2D eigenvalue weighted by Crippen LogP contribution is 2.34. The molecule has 0 N–H and O–H groups in total. The molecule has 1 radical (unpaired) electrons. The van der Waals surface area contributed by atoms with Gasteiger partial charge in [0.05, 0.1) is 0 Å². The van der Waals surface area contributed by atoms with Gasteiger partial charge in [-0.2, -0.15) is 5.11 Å². The summed E-state index contributed by atoms with van der Waals surface area (Å²) in [7, 11) is 0. The summed E-state index contributed by atoms with van der Waals surface area (Å²) in [6, 6.07) is 9.04. The van der Waals surface area contributed by atoms with Gasteiger partial charge in [0.1, 0.15) is 0 Å². The van der Waals surface area contributed by atoms with Crippen LogP contribution in [0.25, 0.3) is 0 Å². The molecule has 0 saturated heterocycles. The van der Waals surface area contributed by atoms with Crippen molar-refractivity contribution in [1.29, 1.82) is 0 Å². The fourth-order valence-electron chi connectivity index (χ4n) is 0.632. The molecule has 0 aliphatic heterocycles. The van der Waals surface area contributed by atoms with Crippen LogP contribution >= 0.6 is 31.9 Å². The Hall–Kier alpha value is 0.140. The monoisotopic (exact) mass is 263 g/mol. The summed E-state index contributed by atoms with van der Waals surface area (Å²) in [6.45, 7) is 0. The second kappa shape index (κ2) is 3.03. The lowest BCUT2D eigenvalue weighted by molar-refractivity contribution is 0.148. The van der Waals surface area contributed by atoms with Crippen molar-refractivity contribution in [2.45, 2.75) is 3.42 Å². The Labute approximate surface area is 76.3 Å². The summed E-state index contributed by atoms with van der Waals surface area (Å²) in [5.74, 6) is 0. The lowest BCUT2D eigenvalue weighted by atomic mass is 10.2. The largest absolute Gasteiger partial charge is 0.237 e. The van der Waals surface area contributed by atoms with Crippen LogP contribution in [0.15, 0.2) is 30.3 Å². The van der Waals surface area contributed by atoms with Gasteiger partial charge in [-0.1, -0.05) is 30.3 Å². The van der Waals surface area contributed by atoms with Gasteiger partial charge < -0.3 is 0 Å². The molecule has 0 atom stereocenters. The Morgan fingerprint density at radius 2 is 1.60 bits per heavy atom. The highest BCUT2D eigenvalue weighted by molar-refractivity contribution is 9.24. The van der Waals surface area contributed by atoms with Crippen molar-refractivity contribution >= 4 is 31.9 Å². The van der Waals surface area contributed by atoms with Crippen LogP contribution in [0.5, 0.6) is 0 Å². The van der Waals surface area contributed by atoms with Crippen LogP contribution in [0.2, 0.25) is 0 Å². The van der Waals surface area contributed by atoms with Crippen LogP contribution in [0.1, 0.15) is 5.56 Å². The van der Waals surface area contributed by atoms with Gasteiger partial charge in [-0.15, -0.1) is 0 Å². The number of hydrogen-bond donors (Lipinski definition) is 0. The quantitative estimate of drug-likeness (QED) is 0.695. The zero-order valence-corrected chi connectivity index (χ0v) is 8.22. The van der Waals surface area contributed by atoms with Crippen LogP contribution in [0.4, 0.5) is 0 Å². The predicted octanol–water partition coefficient (Wildman–Crippen LogP) is 3.02. The van der Waals surface area contributed by atoms with Crippen LogP contribution in [0.3, 0.4) is 0 Å². The normalized spacial score (nSPS) is 11.5. The first-order valence-electron chi connectivity index (χ1n) is 2.74. The maximum absolute atomic E-state index is 11.1. The van der Waals surface area contributed by atoms with Crippen LogP contribution < -0.4 is 0 Å². The van der Waals surface area contributed by atoms with Crippen molar-refractivity contribution in [3.05, 3.63) is 35.9 Å². The van der Waals surface area contributed by atoms with Gasteiger partial charge in [0.15, 0.2) is 0 Å². The summed E-state index contributed by atoms with van der Waals surface area (Å²) < 4.78 is -1.33. The molecule has 0 heterocycles. The lowest BCUT2D eigenvalue weighted by Crippen LogP contribution is -2.03. The number of benzene rings is 1.